The molecule has 0 amide bonds. The normalized spacial score (nSPS) is 26.7. The second kappa shape index (κ2) is 3.37. The zero-order valence-corrected chi connectivity index (χ0v) is 6.50. The van der Waals surface area contributed by atoms with E-state index in [1.807, 2.05) is 0 Å². The lowest BCUT2D eigenvalue weighted by molar-refractivity contribution is -0.150. The molecule has 0 radical (unpaired) electrons. The highest BCUT2D eigenvalue weighted by molar-refractivity contribution is 5.78. The summed E-state index contributed by atoms with van der Waals surface area (Å²) in [6.45, 7) is 3.13. The molecule has 2 unspecified atom stereocenters. The van der Waals surface area contributed by atoms with Crippen LogP contribution in [0.2, 0.25) is 0 Å². The van der Waals surface area contributed by atoms with Crippen molar-refractivity contribution in [2.24, 2.45) is 0 Å². The molecule has 1 aliphatic heterocycles. The summed E-state index contributed by atoms with van der Waals surface area (Å²) in [5.74, 6) is -0.998. The topological polar surface area (TPSA) is 38.8 Å². The highest BCUT2D eigenvalue weighted by Crippen LogP contribution is 2.38. The van der Waals surface area contributed by atoms with Gasteiger partial charge in [0.2, 0.25) is 0 Å². The fraction of sp³-hybridized carbons (Fsp3) is 0.571. The van der Waals surface area contributed by atoms with Crippen LogP contribution in [0.25, 0.3) is 0 Å². The molecule has 2 atom stereocenters. The van der Waals surface area contributed by atoms with Crippen LogP contribution in [0.5, 0.6) is 0 Å². The van der Waals surface area contributed by atoms with Crippen molar-refractivity contribution >= 4 is 5.97 Å². The number of esters is 1. The van der Waals surface area contributed by atoms with E-state index in [1.165, 1.54) is 6.08 Å². The fourth-order valence-corrected chi connectivity index (χ4v) is 0.764. The van der Waals surface area contributed by atoms with Crippen LogP contribution < -0.4 is 0 Å². The van der Waals surface area contributed by atoms with E-state index in [9.17, 15) is 18.0 Å². The minimum atomic E-state index is -4.49. The van der Waals surface area contributed by atoms with Gasteiger partial charge in [-0.15, -0.1) is 0 Å². The van der Waals surface area contributed by atoms with Gasteiger partial charge >= 0.3 is 12.1 Å². The number of carbonyl (C=O) groups excluding carboxylic acids is 1. The van der Waals surface area contributed by atoms with Crippen LogP contribution in [-0.2, 0) is 14.3 Å². The van der Waals surface area contributed by atoms with Gasteiger partial charge in [0.15, 0.2) is 12.2 Å². The van der Waals surface area contributed by atoms with Crippen molar-refractivity contribution in [2.75, 3.05) is 6.61 Å². The highest BCUT2D eigenvalue weighted by atomic mass is 19.4. The van der Waals surface area contributed by atoms with Crippen molar-refractivity contribution in [3.63, 3.8) is 0 Å². The van der Waals surface area contributed by atoms with Gasteiger partial charge in [-0.3, -0.25) is 0 Å². The number of rotatable bonds is 3. The Kier molecular flexibility index (Phi) is 2.60. The molecule has 0 bridgehead atoms. The van der Waals surface area contributed by atoms with Gasteiger partial charge in [-0.2, -0.15) is 13.2 Å². The van der Waals surface area contributed by atoms with E-state index in [2.05, 4.69) is 16.1 Å². The first-order valence-corrected chi connectivity index (χ1v) is 3.46. The van der Waals surface area contributed by atoms with Gasteiger partial charge in [0.1, 0.15) is 6.61 Å². The Bertz CT molecular complexity index is 224. The molecule has 1 heterocycles. The number of ether oxygens (including phenoxy) is 2. The average molecular weight is 196 g/mol. The van der Waals surface area contributed by atoms with Crippen molar-refractivity contribution in [2.45, 2.75) is 18.4 Å². The van der Waals surface area contributed by atoms with E-state index in [1.54, 1.807) is 0 Å². The van der Waals surface area contributed by atoms with Crippen LogP contribution in [0, 0.1) is 0 Å². The predicted molar refractivity (Wildman–Crippen MR) is 35.9 cm³/mol. The first-order chi connectivity index (χ1) is 5.96. The van der Waals surface area contributed by atoms with Crippen LogP contribution in [0.3, 0.4) is 0 Å². The maximum absolute atomic E-state index is 11.8. The van der Waals surface area contributed by atoms with Gasteiger partial charge < -0.3 is 9.47 Å². The second-order valence-electron chi connectivity index (χ2n) is 2.44. The van der Waals surface area contributed by atoms with Crippen LogP contribution in [0.1, 0.15) is 0 Å². The summed E-state index contributed by atoms with van der Waals surface area (Å²) in [6, 6.07) is 0. The van der Waals surface area contributed by atoms with Gasteiger partial charge in [-0.25, -0.2) is 4.79 Å². The lowest BCUT2D eigenvalue weighted by atomic mass is 10.3. The van der Waals surface area contributed by atoms with Crippen LogP contribution in [-0.4, -0.2) is 31.0 Å². The number of hydrogen-bond acceptors (Lipinski definition) is 3. The Morgan fingerprint density at radius 2 is 2.23 bits per heavy atom. The molecule has 6 heteroatoms. The Labute approximate surface area is 72.1 Å². The molecule has 74 valence electrons. The molecular weight excluding hydrogens is 189 g/mol. The monoisotopic (exact) mass is 196 g/mol. The molecule has 1 rings (SSSR count). The Balaban J connectivity index is 2.34. The number of carbonyl (C=O) groups is 1. The van der Waals surface area contributed by atoms with E-state index < -0.39 is 24.4 Å². The zero-order chi connectivity index (χ0) is 10.1. The zero-order valence-electron chi connectivity index (χ0n) is 6.50. The molecule has 0 spiro atoms. The third kappa shape index (κ3) is 2.45. The van der Waals surface area contributed by atoms with E-state index >= 15 is 0 Å². The molecule has 0 aliphatic carbocycles. The molecular formula is C7H7F3O3. The molecule has 13 heavy (non-hydrogen) atoms. The molecule has 3 nitrogen and oxygen atoms in total. The number of hydrogen-bond donors (Lipinski definition) is 0. The molecule has 0 N–H and O–H groups in total. The van der Waals surface area contributed by atoms with Gasteiger partial charge in [-0.05, 0) is 0 Å². The maximum Gasteiger partial charge on any atom is 0.417 e. The smallest absolute Gasteiger partial charge is 0.417 e. The number of halogens is 3. The Hall–Kier alpha value is -1.04. The highest BCUT2D eigenvalue weighted by Gasteiger charge is 2.62. The van der Waals surface area contributed by atoms with Crippen molar-refractivity contribution in [1.82, 2.24) is 0 Å². The Morgan fingerprint density at radius 1 is 1.62 bits per heavy atom. The predicted octanol–water partition coefficient (Wildman–Crippen LogP) is 1.05. The molecule has 0 aromatic heterocycles. The van der Waals surface area contributed by atoms with Gasteiger partial charge in [0.05, 0.1) is 0 Å². The summed E-state index contributed by atoms with van der Waals surface area (Å²) < 4.78 is 43.9. The van der Waals surface area contributed by atoms with Crippen molar-refractivity contribution in [1.29, 1.82) is 0 Å². The third-order valence-corrected chi connectivity index (χ3v) is 1.39. The van der Waals surface area contributed by atoms with Gasteiger partial charge in [0.25, 0.3) is 0 Å². The van der Waals surface area contributed by atoms with Crippen LogP contribution >= 0.6 is 0 Å². The molecule has 0 aromatic carbocycles. The molecule has 1 fully saturated rings. The summed E-state index contributed by atoms with van der Waals surface area (Å²) in [6.07, 6.45) is -6.70. The standard InChI is InChI=1S/C7H7F3O3/c1-2-3-12-6(11)4-5(13-4)7(8,9)10/h2,4-5H,1,3H2. The minimum absolute atomic E-state index is 0.108. The van der Waals surface area contributed by atoms with Crippen molar-refractivity contribution in [3.05, 3.63) is 12.7 Å². The average Bonchev–Trinajstić information content (AvgIpc) is 2.77. The number of epoxide rings is 1. The van der Waals surface area contributed by atoms with E-state index in [-0.39, 0.29) is 6.61 Å². The summed E-state index contributed by atoms with van der Waals surface area (Å²) >= 11 is 0. The summed E-state index contributed by atoms with van der Waals surface area (Å²) in [4.78, 5) is 10.7. The maximum atomic E-state index is 11.8. The Morgan fingerprint density at radius 3 is 2.62 bits per heavy atom. The van der Waals surface area contributed by atoms with Crippen LogP contribution in [0.15, 0.2) is 12.7 Å². The van der Waals surface area contributed by atoms with E-state index in [0.717, 1.165) is 0 Å². The summed E-state index contributed by atoms with van der Waals surface area (Å²) in [5, 5.41) is 0. The summed E-state index contributed by atoms with van der Waals surface area (Å²) in [5.41, 5.74) is 0. The second-order valence-corrected chi connectivity index (χ2v) is 2.44. The van der Waals surface area contributed by atoms with Crippen LogP contribution in [0.4, 0.5) is 13.2 Å². The molecule has 0 saturated carbocycles. The lowest BCUT2D eigenvalue weighted by Gasteiger charge is -2.00. The molecule has 0 aromatic rings. The van der Waals surface area contributed by atoms with Crippen molar-refractivity contribution in [3.8, 4) is 0 Å². The first kappa shape index (κ1) is 10.0. The van der Waals surface area contributed by atoms with E-state index in [0.29, 0.717) is 0 Å². The molecule has 1 aliphatic rings. The summed E-state index contributed by atoms with van der Waals surface area (Å²) in [7, 11) is 0. The first-order valence-electron chi connectivity index (χ1n) is 3.46. The largest absolute Gasteiger partial charge is 0.459 e. The van der Waals surface area contributed by atoms with Crippen molar-refractivity contribution < 1.29 is 27.4 Å². The molecule has 1 saturated heterocycles. The SMILES string of the molecule is C=CCOC(=O)C1OC1C(F)(F)F. The fourth-order valence-electron chi connectivity index (χ4n) is 0.764. The number of alkyl halides is 3. The lowest BCUT2D eigenvalue weighted by Crippen LogP contribution is -2.23. The van der Waals surface area contributed by atoms with Gasteiger partial charge in [-0.1, -0.05) is 12.7 Å². The third-order valence-electron chi connectivity index (χ3n) is 1.39. The van der Waals surface area contributed by atoms with E-state index in [4.69, 9.17) is 0 Å². The van der Waals surface area contributed by atoms with Gasteiger partial charge in [0, 0.05) is 0 Å². The minimum Gasteiger partial charge on any atom is -0.459 e. The quantitative estimate of drug-likeness (QED) is 0.384.